The van der Waals surface area contributed by atoms with Crippen LogP contribution in [0.4, 0.5) is 9.59 Å². The first-order valence-electron chi connectivity index (χ1n) is 13.3. The van der Waals surface area contributed by atoms with Crippen molar-refractivity contribution < 1.29 is 23.9 Å². The van der Waals surface area contributed by atoms with Gasteiger partial charge in [-0.2, -0.15) is 0 Å². The second-order valence-electron chi connectivity index (χ2n) is 9.83. The maximum atomic E-state index is 13.9. The summed E-state index contributed by atoms with van der Waals surface area (Å²) < 4.78 is 5.36. The third-order valence-electron chi connectivity index (χ3n) is 7.06. The van der Waals surface area contributed by atoms with Gasteiger partial charge in [0.15, 0.2) is 0 Å². The summed E-state index contributed by atoms with van der Waals surface area (Å²) in [6.07, 6.45) is 6.00. The van der Waals surface area contributed by atoms with Crippen molar-refractivity contribution in [3.63, 3.8) is 0 Å². The number of ether oxygens (including phenoxy) is 1. The minimum atomic E-state index is -1.05. The van der Waals surface area contributed by atoms with E-state index in [0.717, 1.165) is 24.8 Å². The standard InChI is InChI=1S/C27H36N6O5/c1-20-8-5-14-32(20)27(37)33(15-7-13-31-12-6-11-24(31)34)25(35)23(16-22-17-28-19-29-22)30-26(36)38-18-21-9-3-2-4-10-21/h2-4,9-10,17,19-20,23H,5-8,11-16,18H2,1H3,(H,28,29)(H,30,36)/t20-,23+/m1/s1. The number of carbonyl (C=O) groups excluding carboxylic acids is 4. The van der Waals surface area contributed by atoms with Crippen molar-refractivity contribution >= 4 is 23.9 Å². The lowest BCUT2D eigenvalue weighted by Crippen LogP contribution is -2.55. The highest BCUT2D eigenvalue weighted by Crippen LogP contribution is 2.20. The Kier molecular flexibility index (Phi) is 9.34. The molecule has 2 saturated heterocycles. The second-order valence-corrected chi connectivity index (χ2v) is 9.83. The lowest BCUT2D eigenvalue weighted by Gasteiger charge is -2.32. The maximum absolute atomic E-state index is 13.9. The van der Waals surface area contributed by atoms with Gasteiger partial charge in [0, 0.05) is 57.0 Å². The van der Waals surface area contributed by atoms with Crippen molar-refractivity contribution in [2.75, 3.05) is 26.2 Å². The van der Waals surface area contributed by atoms with E-state index in [2.05, 4.69) is 15.3 Å². The van der Waals surface area contributed by atoms with Gasteiger partial charge in [-0.1, -0.05) is 30.3 Å². The minimum absolute atomic E-state index is 0.0211. The summed E-state index contributed by atoms with van der Waals surface area (Å²) >= 11 is 0. The van der Waals surface area contributed by atoms with Crippen LogP contribution in [0.3, 0.4) is 0 Å². The van der Waals surface area contributed by atoms with Gasteiger partial charge in [-0.3, -0.25) is 14.5 Å². The van der Waals surface area contributed by atoms with E-state index >= 15 is 0 Å². The molecule has 2 fully saturated rings. The van der Waals surface area contributed by atoms with Crippen molar-refractivity contribution in [3.8, 4) is 0 Å². The monoisotopic (exact) mass is 524 g/mol. The van der Waals surface area contributed by atoms with Crippen LogP contribution in [0.15, 0.2) is 42.9 Å². The van der Waals surface area contributed by atoms with Crippen LogP contribution < -0.4 is 5.32 Å². The van der Waals surface area contributed by atoms with Crippen molar-refractivity contribution in [2.24, 2.45) is 0 Å². The van der Waals surface area contributed by atoms with Gasteiger partial charge in [-0.05, 0) is 38.2 Å². The highest BCUT2D eigenvalue weighted by Gasteiger charge is 2.36. The molecule has 2 aliphatic heterocycles. The number of hydrogen-bond acceptors (Lipinski definition) is 6. The number of aromatic amines is 1. The van der Waals surface area contributed by atoms with E-state index < -0.39 is 18.0 Å². The van der Waals surface area contributed by atoms with Crippen molar-refractivity contribution in [1.29, 1.82) is 0 Å². The van der Waals surface area contributed by atoms with E-state index in [9.17, 15) is 19.2 Å². The Morgan fingerprint density at radius 3 is 2.68 bits per heavy atom. The molecule has 11 nitrogen and oxygen atoms in total. The fourth-order valence-electron chi connectivity index (χ4n) is 4.94. The van der Waals surface area contributed by atoms with Gasteiger partial charge < -0.3 is 24.8 Å². The summed E-state index contributed by atoms with van der Waals surface area (Å²) in [6.45, 7) is 3.91. The molecule has 0 aliphatic carbocycles. The molecule has 1 aromatic heterocycles. The first-order chi connectivity index (χ1) is 18.4. The molecule has 2 aromatic rings. The number of imide groups is 1. The summed E-state index contributed by atoms with van der Waals surface area (Å²) in [4.78, 5) is 63.9. The zero-order valence-corrected chi connectivity index (χ0v) is 21.8. The summed E-state index contributed by atoms with van der Waals surface area (Å²) in [7, 11) is 0. The van der Waals surface area contributed by atoms with Crippen LogP contribution in [0.5, 0.6) is 0 Å². The number of nitrogens with zero attached hydrogens (tertiary/aromatic N) is 4. The Balaban J connectivity index is 1.47. The molecule has 2 N–H and O–H groups in total. The number of benzene rings is 1. The van der Waals surface area contributed by atoms with Crippen LogP contribution in [0, 0.1) is 0 Å². The third-order valence-corrected chi connectivity index (χ3v) is 7.06. The SMILES string of the molecule is C[C@@H]1CCCN1C(=O)N(CCCN1CCCC1=O)C(=O)[C@H](Cc1cnc[nH]1)NC(=O)OCc1ccccc1. The molecular weight excluding hydrogens is 488 g/mol. The number of hydrogen-bond donors (Lipinski definition) is 2. The normalized spacial score (nSPS) is 17.9. The Hall–Kier alpha value is -3.89. The van der Waals surface area contributed by atoms with Gasteiger partial charge in [0.1, 0.15) is 12.6 Å². The van der Waals surface area contributed by atoms with Crippen LogP contribution in [0.1, 0.15) is 50.3 Å². The number of imidazole rings is 1. The van der Waals surface area contributed by atoms with E-state index in [4.69, 9.17) is 4.74 Å². The molecule has 0 unspecified atom stereocenters. The molecule has 38 heavy (non-hydrogen) atoms. The first-order valence-corrected chi connectivity index (χ1v) is 13.3. The number of amides is 5. The fourth-order valence-corrected chi connectivity index (χ4v) is 4.94. The van der Waals surface area contributed by atoms with E-state index in [1.165, 1.54) is 11.2 Å². The number of nitrogens with one attached hydrogen (secondary N) is 2. The number of urea groups is 1. The summed E-state index contributed by atoms with van der Waals surface area (Å²) in [5.41, 5.74) is 1.45. The van der Waals surface area contributed by atoms with Crippen molar-refractivity contribution in [3.05, 3.63) is 54.1 Å². The Bertz CT molecular complexity index is 1090. The third kappa shape index (κ3) is 7.11. The second kappa shape index (κ2) is 13.1. The summed E-state index contributed by atoms with van der Waals surface area (Å²) in [5.74, 6) is -0.421. The van der Waals surface area contributed by atoms with E-state index in [1.807, 2.05) is 37.3 Å². The van der Waals surface area contributed by atoms with Crippen LogP contribution in [-0.2, 0) is 27.4 Å². The molecule has 0 spiro atoms. The van der Waals surface area contributed by atoms with Gasteiger partial charge >= 0.3 is 12.1 Å². The van der Waals surface area contributed by atoms with Crippen molar-refractivity contribution in [2.45, 2.75) is 64.1 Å². The Morgan fingerprint density at radius 1 is 1.21 bits per heavy atom. The average Bonchev–Trinajstić information content (AvgIpc) is 3.68. The lowest BCUT2D eigenvalue weighted by molar-refractivity contribution is -0.131. The molecule has 2 aliphatic rings. The molecule has 1 aromatic carbocycles. The number of aromatic nitrogens is 2. The zero-order valence-electron chi connectivity index (χ0n) is 21.8. The summed E-state index contributed by atoms with van der Waals surface area (Å²) in [5, 5.41) is 2.67. The topological polar surface area (TPSA) is 128 Å². The van der Waals surface area contributed by atoms with Crippen LogP contribution in [0.2, 0.25) is 0 Å². The number of H-pyrrole nitrogens is 1. The molecule has 2 atom stereocenters. The van der Waals surface area contributed by atoms with Crippen LogP contribution in [0.25, 0.3) is 0 Å². The molecule has 204 valence electrons. The first kappa shape index (κ1) is 27.2. The molecule has 4 rings (SSSR count). The molecule has 3 heterocycles. The molecule has 5 amide bonds. The smallest absolute Gasteiger partial charge is 0.408 e. The average molecular weight is 525 g/mol. The van der Waals surface area contributed by atoms with E-state index in [0.29, 0.717) is 38.2 Å². The molecule has 0 saturated carbocycles. The Morgan fingerprint density at radius 2 is 2.03 bits per heavy atom. The number of alkyl carbamates (subject to hydrolysis) is 1. The largest absolute Gasteiger partial charge is 0.445 e. The van der Waals surface area contributed by atoms with E-state index in [-0.39, 0.29) is 37.6 Å². The number of carbonyl (C=O) groups is 4. The molecule has 0 radical (unpaired) electrons. The van der Waals surface area contributed by atoms with E-state index in [1.54, 1.807) is 16.0 Å². The maximum Gasteiger partial charge on any atom is 0.408 e. The molecule has 11 heteroatoms. The van der Waals surface area contributed by atoms with Crippen molar-refractivity contribution in [1.82, 2.24) is 30.0 Å². The highest BCUT2D eigenvalue weighted by molar-refractivity contribution is 5.98. The van der Waals surface area contributed by atoms with Gasteiger partial charge in [0.05, 0.1) is 6.33 Å². The zero-order chi connectivity index (χ0) is 26.9. The number of rotatable bonds is 10. The predicted molar refractivity (Wildman–Crippen MR) is 139 cm³/mol. The van der Waals surface area contributed by atoms with Crippen LogP contribution in [-0.4, -0.2) is 86.9 Å². The minimum Gasteiger partial charge on any atom is -0.445 e. The van der Waals surface area contributed by atoms with Crippen LogP contribution >= 0.6 is 0 Å². The lowest BCUT2D eigenvalue weighted by atomic mass is 10.1. The Labute approximate surface area is 222 Å². The quantitative estimate of drug-likeness (QED) is 0.492. The van der Waals surface area contributed by atoms with Gasteiger partial charge in [-0.15, -0.1) is 0 Å². The predicted octanol–water partition coefficient (Wildman–Crippen LogP) is 2.69. The highest BCUT2D eigenvalue weighted by atomic mass is 16.5. The van der Waals surface area contributed by atoms with Gasteiger partial charge in [0.2, 0.25) is 5.91 Å². The molecule has 0 bridgehead atoms. The number of likely N-dealkylation sites (tertiary alicyclic amines) is 2. The fraction of sp³-hybridized carbons (Fsp3) is 0.519. The van der Waals surface area contributed by atoms with Gasteiger partial charge in [0.25, 0.3) is 5.91 Å². The molecular formula is C27H36N6O5. The summed E-state index contributed by atoms with van der Waals surface area (Å²) in [6, 6.07) is 7.84. The van der Waals surface area contributed by atoms with Gasteiger partial charge in [-0.25, -0.2) is 14.6 Å².